The van der Waals surface area contributed by atoms with E-state index in [1.807, 2.05) is 0 Å². The fourth-order valence-electron chi connectivity index (χ4n) is 2.48. The first-order valence-electron chi connectivity index (χ1n) is 8.13. The highest BCUT2D eigenvalue weighted by Gasteiger charge is 2.52. The van der Waals surface area contributed by atoms with E-state index in [1.165, 1.54) is 6.92 Å². The fourth-order valence-corrected chi connectivity index (χ4v) is 2.67. The third-order valence-corrected chi connectivity index (χ3v) is 3.63. The van der Waals surface area contributed by atoms with Crippen molar-refractivity contribution in [3.8, 4) is 0 Å². The molecule has 27 heavy (non-hydrogen) atoms. The van der Waals surface area contributed by atoms with Crippen LogP contribution in [0.3, 0.4) is 0 Å². The Morgan fingerprint density at radius 3 is 1.81 bits per heavy atom. The third-order valence-electron chi connectivity index (χ3n) is 3.31. The smallest absolute Gasteiger partial charge is 0.303 e. The second kappa shape index (κ2) is 11.2. The summed E-state index contributed by atoms with van der Waals surface area (Å²) in [7, 11) is 0. The average molecular weight is 455 g/mol. The van der Waals surface area contributed by atoms with Gasteiger partial charge >= 0.3 is 23.9 Å². The van der Waals surface area contributed by atoms with E-state index in [1.54, 1.807) is 0 Å². The largest absolute Gasteiger partial charge is 0.463 e. The van der Waals surface area contributed by atoms with Gasteiger partial charge in [0.05, 0.1) is 6.61 Å². The van der Waals surface area contributed by atoms with E-state index in [-0.39, 0.29) is 13.2 Å². The van der Waals surface area contributed by atoms with Crippen molar-refractivity contribution in [3.63, 3.8) is 0 Å². The molecule has 10 nitrogen and oxygen atoms in total. The Kier molecular flexibility index (Phi) is 9.67. The standard InChI is InChI=1S/C16H23BrO10/c1-8(18)23-7-12-13(24-9(2)19)14(25-10(3)20)15(26-11(4)21)16(27-12)22-6-5-17/h12-16H,5-7H2,1-4H3/t12?,13-,14-,15?,16+/m0/s1. The Bertz CT molecular complexity index is 551. The number of rotatable bonds is 8. The molecule has 0 saturated carbocycles. The minimum Gasteiger partial charge on any atom is -0.463 e. The van der Waals surface area contributed by atoms with Crippen LogP contribution in [0, 0.1) is 0 Å². The molecule has 0 aromatic rings. The van der Waals surface area contributed by atoms with Gasteiger partial charge in [0, 0.05) is 33.0 Å². The van der Waals surface area contributed by atoms with Crippen LogP contribution >= 0.6 is 15.9 Å². The molecular formula is C16H23BrO10. The molecule has 0 aromatic heterocycles. The van der Waals surface area contributed by atoms with Crippen LogP contribution in [0.15, 0.2) is 0 Å². The first-order valence-corrected chi connectivity index (χ1v) is 9.25. The summed E-state index contributed by atoms with van der Waals surface area (Å²) >= 11 is 3.20. The maximum Gasteiger partial charge on any atom is 0.303 e. The lowest BCUT2D eigenvalue weighted by Crippen LogP contribution is -2.63. The summed E-state index contributed by atoms with van der Waals surface area (Å²) in [5.41, 5.74) is 0. The molecule has 0 amide bonds. The summed E-state index contributed by atoms with van der Waals surface area (Å²) in [6, 6.07) is 0. The molecule has 1 fully saturated rings. The van der Waals surface area contributed by atoms with E-state index in [4.69, 9.17) is 28.4 Å². The number of ether oxygens (including phenoxy) is 6. The van der Waals surface area contributed by atoms with E-state index >= 15 is 0 Å². The van der Waals surface area contributed by atoms with Crippen LogP contribution in [-0.2, 0) is 47.6 Å². The van der Waals surface area contributed by atoms with Crippen molar-refractivity contribution in [2.24, 2.45) is 0 Å². The number of hydrogen-bond acceptors (Lipinski definition) is 10. The van der Waals surface area contributed by atoms with Gasteiger partial charge in [0.25, 0.3) is 0 Å². The Morgan fingerprint density at radius 1 is 0.815 bits per heavy atom. The van der Waals surface area contributed by atoms with Gasteiger partial charge in [-0.15, -0.1) is 0 Å². The van der Waals surface area contributed by atoms with Gasteiger partial charge in [-0.05, 0) is 0 Å². The van der Waals surface area contributed by atoms with Crippen molar-refractivity contribution >= 4 is 39.8 Å². The van der Waals surface area contributed by atoms with Crippen molar-refractivity contribution in [1.82, 2.24) is 0 Å². The lowest BCUT2D eigenvalue weighted by Gasteiger charge is -2.44. The van der Waals surface area contributed by atoms with Crippen molar-refractivity contribution in [2.75, 3.05) is 18.5 Å². The summed E-state index contributed by atoms with van der Waals surface area (Å²) in [5.74, 6) is -2.63. The maximum absolute atomic E-state index is 11.6. The molecule has 11 heteroatoms. The quantitative estimate of drug-likeness (QED) is 0.290. The third kappa shape index (κ3) is 7.81. The molecule has 1 heterocycles. The van der Waals surface area contributed by atoms with Crippen LogP contribution in [0.25, 0.3) is 0 Å². The van der Waals surface area contributed by atoms with Crippen molar-refractivity contribution in [1.29, 1.82) is 0 Å². The van der Waals surface area contributed by atoms with Crippen molar-refractivity contribution in [3.05, 3.63) is 0 Å². The normalized spacial score (nSPS) is 27.4. The van der Waals surface area contributed by atoms with E-state index < -0.39 is 54.6 Å². The summed E-state index contributed by atoms with van der Waals surface area (Å²) in [4.78, 5) is 45.8. The first-order chi connectivity index (χ1) is 12.6. The highest BCUT2D eigenvalue weighted by atomic mass is 79.9. The Morgan fingerprint density at radius 2 is 1.33 bits per heavy atom. The molecule has 0 bridgehead atoms. The van der Waals surface area contributed by atoms with Crippen molar-refractivity contribution < 1.29 is 47.6 Å². The monoisotopic (exact) mass is 454 g/mol. The molecule has 0 aliphatic carbocycles. The highest BCUT2D eigenvalue weighted by Crippen LogP contribution is 2.29. The number of esters is 4. The predicted molar refractivity (Wildman–Crippen MR) is 91.7 cm³/mol. The zero-order valence-corrected chi connectivity index (χ0v) is 17.1. The Labute approximate surface area is 164 Å². The van der Waals surface area contributed by atoms with E-state index in [0.29, 0.717) is 5.33 Å². The van der Waals surface area contributed by atoms with Gasteiger partial charge in [-0.3, -0.25) is 19.2 Å². The van der Waals surface area contributed by atoms with Crippen molar-refractivity contribution in [2.45, 2.75) is 58.4 Å². The molecule has 1 saturated heterocycles. The number of hydrogen-bond donors (Lipinski definition) is 0. The number of carbonyl (C=O) groups is 4. The van der Waals surface area contributed by atoms with Gasteiger partial charge in [-0.25, -0.2) is 0 Å². The van der Waals surface area contributed by atoms with Crippen LogP contribution in [0.4, 0.5) is 0 Å². The molecule has 1 aliphatic rings. The minimum atomic E-state index is -1.22. The maximum atomic E-state index is 11.6. The second-order valence-corrected chi connectivity index (χ2v) is 6.42. The Balaban J connectivity index is 3.22. The first kappa shape index (κ1) is 23.3. The summed E-state index contributed by atoms with van der Waals surface area (Å²) in [6.07, 6.45) is -5.73. The number of alkyl halides is 1. The van der Waals surface area contributed by atoms with Gasteiger partial charge in [-0.2, -0.15) is 0 Å². The lowest BCUT2D eigenvalue weighted by atomic mass is 9.98. The SMILES string of the molecule is CC(=O)OCC1O[C@@H](OCCBr)C(OC(C)=O)[C@@H](OC(C)=O)[C@H]1OC(C)=O. The summed E-state index contributed by atoms with van der Waals surface area (Å²) in [6.45, 7) is 4.58. The van der Waals surface area contributed by atoms with Gasteiger partial charge in [0.2, 0.25) is 0 Å². The van der Waals surface area contributed by atoms with Crippen LogP contribution in [0.1, 0.15) is 27.7 Å². The molecule has 0 N–H and O–H groups in total. The number of carbonyl (C=O) groups excluding carboxylic acids is 4. The Hall–Kier alpha value is -1.72. The van der Waals surface area contributed by atoms with Crippen LogP contribution in [-0.4, -0.2) is 73.1 Å². The number of halogens is 1. The van der Waals surface area contributed by atoms with Gasteiger partial charge in [0.15, 0.2) is 24.6 Å². The van der Waals surface area contributed by atoms with Gasteiger partial charge in [-0.1, -0.05) is 15.9 Å². The summed E-state index contributed by atoms with van der Waals surface area (Å²) in [5, 5.41) is 0.458. The molecule has 2 unspecified atom stereocenters. The fraction of sp³-hybridized carbons (Fsp3) is 0.750. The molecule has 154 valence electrons. The zero-order valence-electron chi connectivity index (χ0n) is 15.5. The second-order valence-electron chi connectivity index (χ2n) is 5.63. The molecule has 0 spiro atoms. The molecule has 0 radical (unpaired) electrons. The van der Waals surface area contributed by atoms with Crippen LogP contribution < -0.4 is 0 Å². The van der Waals surface area contributed by atoms with Crippen LogP contribution in [0.2, 0.25) is 0 Å². The molecule has 1 rings (SSSR count). The predicted octanol–water partition coefficient (Wildman–Crippen LogP) is 0.481. The van der Waals surface area contributed by atoms with Crippen LogP contribution in [0.5, 0.6) is 0 Å². The summed E-state index contributed by atoms with van der Waals surface area (Å²) < 4.78 is 31.9. The van der Waals surface area contributed by atoms with E-state index in [0.717, 1.165) is 20.8 Å². The minimum absolute atomic E-state index is 0.188. The lowest BCUT2D eigenvalue weighted by molar-refractivity contribution is -0.306. The average Bonchev–Trinajstić information content (AvgIpc) is 2.54. The molecular weight excluding hydrogens is 432 g/mol. The van der Waals surface area contributed by atoms with E-state index in [2.05, 4.69) is 15.9 Å². The van der Waals surface area contributed by atoms with Gasteiger partial charge in [0.1, 0.15) is 12.7 Å². The highest BCUT2D eigenvalue weighted by molar-refractivity contribution is 9.09. The topological polar surface area (TPSA) is 124 Å². The zero-order chi connectivity index (χ0) is 20.6. The van der Waals surface area contributed by atoms with Gasteiger partial charge < -0.3 is 28.4 Å². The van der Waals surface area contributed by atoms with E-state index in [9.17, 15) is 19.2 Å². The molecule has 1 aliphatic heterocycles. The molecule has 5 atom stereocenters. The molecule has 0 aromatic carbocycles.